The van der Waals surface area contributed by atoms with E-state index in [0.717, 1.165) is 37.3 Å². The van der Waals surface area contributed by atoms with Gasteiger partial charge in [0.15, 0.2) is 0 Å². The Morgan fingerprint density at radius 2 is 1.90 bits per heavy atom. The molecule has 4 nitrogen and oxygen atoms in total. The number of likely N-dealkylation sites (tertiary alicyclic amines) is 1. The molecule has 1 aliphatic rings. The van der Waals surface area contributed by atoms with E-state index >= 15 is 0 Å². The van der Waals surface area contributed by atoms with Gasteiger partial charge in [0.2, 0.25) is 0 Å². The van der Waals surface area contributed by atoms with Gasteiger partial charge in [-0.1, -0.05) is 13.3 Å². The van der Waals surface area contributed by atoms with Gasteiger partial charge in [-0.3, -0.25) is 4.79 Å². The summed E-state index contributed by atoms with van der Waals surface area (Å²) in [6.45, 7) is 11.5. The number of aryl methyl sites for hydroxylation is 1. The number of hydrogen-bond donors (Lipinski definition) is 1. The molecule has 1 aromatic rings. The predicted octanol–water partition coefficient (Wildman–Crippen LogP) is 2.73. The molecule has 0 bridgehead atoms. The number of nitrogens with zero attached hydrogens (tertiary/aromatic N) is 2. The zero-order chi connectivity index (χ0) is 15.2. The van der Waals surface area contributed by atoms with Gasteiger partial charge in [0.25, 0.3) is 5.91 Å². The Morgan fingerprint density at radius 3 is 2.57 bits per heavy atom. The van der Waals surface area contributed by atoms with Crippen LogP contribution in [0.2, 0.25) is 0 Å². The fourth-order valence-corrected chi connectivity index (χ4v) is 3.13. The van der Waals surface area contributed by atoms with Crippen LogP contribution >= 0.6 is 0 Å². The second-order valence-electron chi connectivity index (χ2n) is 6.09. The minimum atomic E-state index is 0.0640. The maximum absolute atomic E-state index is 12.2. The lowest BCUT2D eigenvalue weighted by Gasteiger charge is -2.27. The molecule has 118 valence electrons. The number of amides is 1. The van der Waals surface area contributed by atoms with Crippen molar-refractivity contribution in [2.24, 2.45) is 0 Å². The number of carbonyl (C=O) groups excluding carboxylic acids is 1. The quantitative estimate of drug-likeness (QED) is 0.875. The molecule has 1 aromatic heterocycles. The van der Waals surface area contributed by atoms with Crippen molar-refractivity contribution in [3.8, 4) is 0 Å². The number of hydrogen-bond acceptors (Lipinski definition) is 2. The van der Waals surface area contributed by atoms with Gasteiger partial charge < -0.3 is 14.8 Å². The van der Waals surface area contributed by atoms with Crippen LogP contribution in [-0.4, -0.2) is 41.6 Å². The maximum atomic E-state index is 12.2. The van der Waals surface area contributed by atoms with Crippen molar-refractivity contribution in [1.82, 2.24) is 14.8 Å². The van der Waals surface area contributed by atoms with Crippen molar-refractivity contribution in [3.05, 3.63) is 23.0 Å². The molecule has 1 aliphatic heterocycles. The Labute approximate surface area is 128 Å². The molecule has 0 aromatic carbocycles. The molecule has 1 N–H and O–H groups in total. The van der Waals surface area contributed by atoms with E-state index in [1.807, 2.05) is 6.07 Å². The second-order valence-corrected chi connectivity index (χ2v) is 6.09. The van der Waals surface area contributed by atoms with E-state index in [-0.39, 0.29) is 5.91 Å². The van der Waals surface area contributed by atoms with Gasteiger partial charge in [0.1, 0.15) is 0 Å². The molecular weight excluding hydrogens is 262 g/mol. The lowest BCUT2D eigenvalue weighted by atomic mass is 10.1. The van der Waals surface area contributed by atoms with Crippen LogP contribution in [0, 0.1) is 13.8 Å². The van der Waals surface area contributed by atoms with E-state index in [1.165, 1.54) is 38.0 Å². The van der Waals surface area contributed by atoms with Crippen molar-refractivity contribution in [2.45, 2.75) is 53.0 Å². The number of carbonyl (C=O) groups is 1. The average Bonchev–Trinajstić information content (AvgIpc) is 2.78. The first-order valence-corrected chi connectivity index (χ1v) is 8.30. The first kappa shape index (κ1) is 16.1. The molecule has 1 fully saturated rings. The highest BCUT2D eigenvalue weighted by Crippen LogP contribution is 2.16. The molecular formula is C17H29N3O. The van der Waals surface area contributed by atoms with E-state index in [2.05, 4.69) is 35.6 Å². The molecule has 2 heterocycles. The van der Waals surface area contributed by atoms with Gasteiger partial charge in [-0.25, -0.2) is 0 Å². The molecule has 0 saturated carbocycles. The summed E-state index contributed by atoms with van der Waals surface area (Å²) in [7, 11) is 0. The van der Waals surface area contributed by atoms with Crippen molar-refractivity contribution >= 4 is 5.91 Å². The normalized spacial score (nSPS) is 16.1. The molecule has 21 heavy (non-hydrogen) atoms. The first-order valence-electron chi connectivity index (χ1n) is 8.30. The van der Waals surface area contributed by atoms with Crippen LogP contribution in [0.3, 0.4) is 0 Å². The summed E-state index contributed by atoms with van der Waals surface area (Å²) in [5.41, 5.74) is 3.11. The summed E-state index contributed by atoms with van der Waals surface area (Å²) < 4.78 is 2.29. The number of nitrogens with one attached hydrogen (secondary N) is 1. The van der Waals surface area contributed by atoms with Gasteiger partial charge in [0.05, 0.1) is 5.56 Å². The summed E-state index contributed by atoms with van der Waals surface area (Å²) in [6, 6.07) is 2.02. The highest BCUT2D eigenvalue weighted by atomic mass is 16.1. The van der Waals surface area contributed by atoms with Gasteiger partial charge in [-0.15, -0.1) is 0 Å². The largest absolute Gasteiger partial charge is 0.352 e. The van der Waals surface area contributed by atoms with Gasteiger partial charge in [-0.2, -0.15) is 0 Å². The lowest BCUT2D eigenvalue weighted by Crippen LogP contribution is -2.33. The van der Waals surface area contributed by atoms with Gasteiger partial charge in [0, 0.05) is 31.0 Å². The van der Waals surface area contributed by atoms with E-state index in [4.69, 9.17) is 0 Å². The minimum absolute atomic E-state index is 0.0640. The summed E-state index contributed by atoms with van der Waals surface area (Å²) >= 11 is 0. The second kappa shape index (κ2) is 7.64. The molecule has 0 atom stereocenters. The van der Waals surface area contributed by atoms with Crippen LogP contribution < -0.4 is 5.32 Å². The first-order chi connectivity index (χ1) is 10.1. The lowest BCUT2D eigenvalue weighted by molar-refractivity contribution is 0.0953. The van der Waals surface area contributed by atoms with E-state index in [1.54, 1.807) is 0 Å². The number of rotatable bonds is 6. The Kier molecular flexibility index (Phi) is 5.85. The Hall–Kier alpha value is -1.29. The SMILES string of the molecule is CCCNC(=O)c1cc(C)n(CCN2CCCCC2)c1C. The van der Waals surface area contributed by atoms with E-state index in [9.17, 15) is 4.79 Å². The van der Waals surface area contributed by atoms with Crippen molar-refractivity contribution in [1.29, 1.82) is 0 Å². The van der Waals surface area contributed by atoms with Crippen LogP contribution in [0.5, 0.6) is 0 Å². The molecule has 0 spiro atoms. The summed E-state index contributed by atoms with van der Waals surface area (Å²) in [5, 5.41) is 2.97. The van der Waals surface area contributed by atoms with Gasteiger partial charge in [-0.05, 0) is 52.3 Å². The third kappa shape index (κ3) is 4.10. The van der Waals surface area contributed by atoms with Crippen LogP contribution in [0.1, 0.15) is 54.4 Å². The van der Waals surface area contributed by atoms with E-state index in [0.29, 0.717) is 0 Å². The third-order valence-electron chi connectivity index (χ3n) is 4.44. The highest BCUT2D eigenvalue weighted by molar-refractivity contribution is 5.95. The van der Waals surface area contributed by atoms with Crippen molar-refractivity contribution in [3.63, 3.8) is 0 Å². The Balaban J connectivity index is 1.99. The summed E-state index contributed by atoms with van der Waals surface area (Å²) in [4.78, 5) is 14.7. The summed E-state index contributed by atoms with van der Waals surface area (Å²) in [6.07, 6.45) is 5.00. The molecule has 1 saturated heterocycles. The van der Waals surface area contributed by atoms with Gasteiger partial charge >= 0.3 is 0 Å². The van der Waals surface area contributed by atoms with Crippen LogP contribution in [0.15, 0.2) is 6.07 Å². The average molecular weight is 291 g/mol. The monoisotopic (exact) mass is 291 g/mol. The number of aromatic nitrogens is 1. The van der Waals surface area contributed by atoms with E-state index < -0.39 is 0 Å². The highest BCUT2D eigenvalue weighted by Gasteiger charge is 2.16. The van der Waals surface area contributed by atoms with Crippen LogP contribution in [-0.2, 0) is 6.54 Å². The molecule has 2 rings (SSSR count). The predicted molar refractivity (Wildman–Crippen MR) is 86.8 cm³/mol. The fourth-order valence-electron chi connectivity index (χ4n) is 3.13. The van der Waals surface area contributed by atoms with Crippen LogP contribution in [0.4, 0.5) is 0 Å². The zero-order valence-corrected chi connectivity index (χ0v) is 13.7. The zero-order valence-electron chi connectivity index (χ0n) is 13.7. The van der Waals surface area contributed by atoms with Crippen molar-refractivity contribution in [2.75, 3.05) is 26.2 Å². The third-order valence-corrected chi connectivity index (χ3v) is 4.44. The Morgan fingerprint density at radius 1 is 1.19 bits per heavy atom. The Bertz CT molecular complexity index is 473. The molecule has 4 heteroatoms. The molecule has 0 unspecified atom stereocenters. The standard InChI is InChI=1S/C17H29N3O/c1-4-8-18-17(21)16-13-14(2)20(15(16)3)12-11-19-9-6-5-7-10-19/h13H,4-12H2,1-3H3,(H,18,21). The molecule has 1 amide bonds. The smallest absolute Gasteiger partial charge is 0.253 e. The van der Waals surface area contributed by atoms with Crippen LogP contribution in [0.25, 0.3) is 0 Å². The molecule has 0 radical (unpaired) electrons. The number of piperidine rings is 1. The minimum Gasteiger partial charge on any atom is -0.352 e. The molecule has 0 aliphatic carbocycles. The van der Waals surface area contributed by atoms with Crippen molar-refractivity contribution < 1.29 is 4.79 Å². The maximum Gasteiger partial charge on any atom is 0.253 e. The fraction of sp³-hybridized carbons (Fsp3) is 0.706. The summed E-state index contributed by atoms with van der Waals surface area (Å²) in [5.74, 6) is 0.0640. The topological polar surface area (TPSA) is 37.3 Å².